The van der Waals surface area contributed by atoms with Crippen LogP contribution >= 0.6 is 11.6 Å². The standard InChI is InChI=1S/C16H12ClF3N2O/c17-10-7-5-9(6-8-10)13-14-15(23,16(18,19)20)21-11-3-1-2-4-12(11)22(13)14/h1-8,13-14,21,23H/t13-,14+,15+,22?/m1/s1. The summed E-state index contributed by atoms with van der Waals surface area (Å²) in [6.07, 6.45) is -4.80. The number of alkyl halides is 3. The van der Waals surface area contributed by atoms with Gasteiger partial charge in [-0.3, -0.25) is 0 Å². The number of para-hydroxylation sites is 2. The Hall–Kier alpha value is -1.92. The number of hydrogen-bond donors (Lipinski definition) is 2. The number of nitrogens with zero attached hydrogens (tertiary/aromatic N) is 1. The Bertz CT molecular complexity index is 765. The monoisotopic (exact) mass is 340 g/mol. The van der Waals surface area contributed by atoms with Gasteiger partial charge in [-0.2, -0.15) is 13.2 Å². The molecular formula is C16H12ClF3N2O. The zero-order valence-corrected chi connectivity index (χ0v) is 12.4. The molecule has 3 atom stereocenters. The molecule has 23 heavy (non-hydrogen) atoms. The van der Waals surface area contributed by atoms with Crippen LogP contribution in [-0.2, 0) is 0 Å². The molecule has 4 rings (SSSR count). The van der Waals surface area contributed by atoms with Gasteiger partial charge in [-0.15, -0.1) is 0 Å². The first-order valence-electron chi connectivity index (χ1n) is 7.03. The normalized spacial score (nSPS) is 28.7. The van der Waals surface area contributed by atoms with E-state index in [2.05, 4.69) is 5.32 Å². The fourth-order valence-electron chi connectivity index (χ4n) is 3.29. The second-order valence-electron chi connectivity index (χ2n) is 5.75. The summed E-state index contributed by atoms with van der Waals surface area (Å²) in [6.45, 7) is 0. The lowest BCUT2D eigenvalue weighted by molar-refractivity contribution is -0.248. The Balaban J connectivity index is 1.82. The maximum atomic E-state index is 13.5. The van der Waals surface area contributed by atoms with Crippen molar-refractivity contribution in [3.05, 3.63) is 59.1 Å². The van der Waals surface area contributed by atoms with Gasteiger partial charge in [0, 0.05) is 5.02 Å². The highest BCUT2D eigenvalue weighted by atomic mass is 35.5. The van der Waals surface area contributed by atoms with Gasteiger partial charge in [-0.25, -0.2) is 0 Å². The fraction of sp³-hybridized carbons (Fsp3) is 0.250. The molecule has 0 aromatic heterocycles. The summed E-state index contributed by atoms with van der Waals surface area (Å²) in [6, 6.07) is 11.6. The molecular weight excluding hydrogens is 329 g/mol. The van der Waals surface area contributed by atoms with E-state index in [1.165, 1.54) is 6.07 Å². The van der Waals surface area contributed by atoms with Crippen LogP contribution in [0.5, 0.6) is 0 Å². The zero-order valence-electron chi connectivity index (χ0n) is 11.7. The molecule has 0 saturated carbocycles. The van der Waals surface area contributed by atoms with Crippen molar-refractivity contribution in [3.63, 3.8) is 0 Å². The second-order valence-corrected chi connectivity index (χ2v) is 6.19. The number of aliphatic hydroxyl groups is 1. The molecule has 2 aliphatic heterocycles. The third-order valence-electron chi connectivity index (χ3n) is 4.39. The van der Waals surface area contributed by atoms with Gasteiger partial charge >= 0.3 is 6.18 Å². The van der Waals surface area contributed by atoms with Gasteiger partial charge in [0.15, 0.2) is 0 Å². The molecule has 0 unspecified atom stereocenters. The molecule has 2 heterocycles. The summed E-state index contributed by atoms with van der Waals surface area (Å²) in [5.41, 5.74) is -1.40. The van der Waals surface area contributed by atoms with Crippen molar-refractivity contribution in [2.45, 2.75) is 24.0 Å². The maximum Gasteiger partial charge on any atom is 0.438 e. The van der Waals surface area contributed by atoms with Gasteiger partial charge in [-0.1, -0.05) is 35.9 Å². The molecule has 1 saturated heterocycles. The molecule has 2 aliphatic rings. The summed E-state index contributed by atoms with van der Waals surface area (Å²) >= 11 is 5.84. The van der Waals surface area contributed by atoms with Gasteiger partial charge in [0.1, 0.15) is 6.04 Å². The minimum absolute atomic E-state index is 0.264. The van der Waals surface area contributed by atoms with Gasteiger partial charge in [0.2, 0.25) is 0 Å². The first-order valence-corrected chi connectivity index (χ1v) is 7.41. The number of hydrogen-bond acceptors (Lipinski definition) is 3. The molecule has 0 radical (unpaired) electrons. The third-order valence-corrected chi connectivity index (χ3v) is 4.64. The van der Waals surface area contributed by atoms with Crippen molar-refractivity contribution in [2.75, 3.05) is 10.2 Å². The van der Waals surface area contributed by atoms with E-state index in [0.717, 1.165) is 0 Å². The first kappa shape index (κ1) is 14.7. The molecule has 2 aromatic carbocycles. The molecule has 0 bridgehead atoms. The van der Waals surface area contributed by atoms with Crippen LogP contribution in [0.3, 0.4) is 0 Å². The van der Waals surface area contributed by atoms with Crippen LogP contribution in [0.4, 0.5) is 24.5 Å². The number of fused-ring (bicyclic) bond motifs is 3. The molecule has 120 valence electrons. The number of rotatable bonds is 1. The van der Waals surface area contributed by atoms with E-state index in [-0.39, 0.29) is 5.69 Å². The number of benzene rings is 2. The van der Waals surface area contributed by atoms with Crippen LogP contribution < -0.4 is 10.2 Å². The van der Waals surface area contributed by atoms with Crippen LogP contribution in [0.1, 0.15) is 11.6 Å². The van der Waals surface area contributed by atoms with Gasteiger partial charge < -0.3 is 15.3 Å². The van der Waals surface area contributed by atoms with Crippen molar-refractivity contribution < 1.29 is 18.3 Å². The second kappa shape index (κ2) is 4.55. The van der Waals surface area contributed by atoms with Crippen LogP contribution in [0, 0.1) is 0 Å². The topological polar surface area (TPSA) is 35.3 Å². The lowest BCUT2D eigenvalue weighted by Crippen LogP contribution is -2.59. The summed E-state index contributed by atoms with van der Waals surface area (Å²) in [5, 5.41) is 13.1. The molecule has 0 amide bonds. The van der Waals surface area contributed by atoms with Crippen molar-refractivity contribution in [1.29, 1.82) is 0 Å². The highest BCUT2D eigenvalue weighted by molar-refractivity contribution is 6.30. The lowest BCUT2D eigenvalue weighted by Gasteiger charge is -2.36. The van der Waals surface area contributed by atoms with Crippen molar-refractivity contribution in [3.8, 4) is 0 Å². The SMILES string of the molecule is O[C@@]1(C(F)(F)F)Nc2ccccc2N2[C@H](c3ccc(Cl)cc3)[C@H]21. The first-order chi connectivity index (χ1) is 10.8. The highest BCUT2D eigenvalue weighted by Gasteiger charge is 2.73. The minimum atomic E-state index is -4.80. The van der Waals surface area contributed by atoms with E-state index in [4.69, 9.17) is 11.6 Å². The Morgan fingerprint density at radius 2 is 1.74 bits per heavy atom. The molecule has 2 aromatic rings. The Morgan fingerprint density at radius 1 is 1.09 bits per heavy atom. The molecule has 0 spiro atoms. The Kier molecular flexibility index (Phi) is 2.90. The molecule has 1 fully saturated rings. The summed E-state index contributed by atoms with van der Waals surface area (Å²) < 4.78 is 40.5. The van der Waals surface area contributed by atoms with E-state index in [9.17, 15) is 18.3 Å². The average molecular weight is 341 g/mol. The van der Waals surface area contributed by atoms with Crippen LogP contribution in [0.25, 0.3) is 0 Å². The van der Waals surface area contributed by atoms with Gasteiger partial charge in [0.25, 0.3) is 5.72 Å². The van der Waals surface area contributed by atoms with Gasteiger partial charge in [-0.05, 0) is 29.8 Å². The highest BCUT2D eigenvalue weighted by Crippen LogP contribution is 2.60. The largest absolute Gasteiger partial charge is 0.438 e. The van der Waals surface area contributed by atoms with Crippen molar-refractivity contribution in [2.24, 2.45) is 0 Å². The van der Waals surface area contributed by atoms with E-state index in [1.54, 1.807) is 47.4 Å². The number of anilines is 2. The minimum Gasteiger partial charge on any atom is -0.362 e. The fourth-order valence-corrected chi connectivity index (χ4v) is 3.41. The lowest BCUT2D eigenvalue weighted by atomic mass is 10.0. The number of nitrogens with one attached hydrogen (secondary N) is 1. The Morgan fingerprint density at radius 3 is 2.39 bits per heavy atom. The summed E-state index contributed by atoms with van der Waals surface area (Å²) in [7, 11) is 0. The molecule has 0 aliphatic carbocycles. The summed E-state index contributed by atoms with van der Waals surface area (Å²) in [4.78, 5) is 1.59. The van der Waals surface area contributed by atoms with Crippen LogP contribution in [0.15, 0.2) is 48.5 Å². The van der Waals surface area contributed by atoms with Crippen molar-refractivity contribution in [1.82, 2.24) is 0 Å². The maximum absolute atomic E-state index is 13.5. The van der Waals surface area contributed by atoms with Crippen LogP contribution in [0.2, 0.25) is 5.02 Å². The Labute approximate surface area is 135 Å². The predicted molar refractivity (Wildman–Crippen MR) is 81.5 cm³/mol. The van der Waals surface area contributed by atoms with Gasteiger partial charge in [0.05, 0.1) is 17.4 Å². The van der Waals surface area contributed by atoms with E-state index in [0.29, 0.717) is 16.3 Å². The third kappa shape index (κ3) is 2.01. The molecule has 7 heteroatoms. The van der Waals surface area contributed by atoms with Crippen molar-refractivity contribution >= 4 is 23.0 Å². The molecule has 3 nitrogen and oxygen atoms in total. The van der Waals surface area contributed by atoms with Crippen LogP contribution in [-0.4, -0.2) is 23.0 Å². The zero-order chi connectivity index (χ0) is 16.4. The smallest absolute Gasteiger partial charge is 0.362 e. The quantitative estimate of drug-likeness (QED) is 0.772. The van der Waals surface area contributed by atoms with E-state index < -0.39 is 24.0 Å². The number of halogens is 4. The predicted octanol–water partition coefficient (Wildman–Crippen LogP) is 3.95. The average Bonchev–Trinajstić information content (AvgIpc) is 3.24. The summed E-state index contributed by atoms with van der Waals surface area (Å²) in [5.74, 6) is 0. The van der Waals surface area contributed by atoms with E-state index >= 15 is 0 Å². The van der Waals surface area contributed by atoms with E-state index in [1.807, 2.05) is 0 Å². The molecule has 2 N–H and O–H groups in total.